The summed E-state index contributed by atoms with van der Waals surface area (Å²) in [6, 6.07) is 14.1. The number of hydrogen-bond acceptors (Lipinski definition) is 3. The van der Waals surface area contributed by atoms with E-state index in [4.69, 9.17) is 9.15 Å². The van der Waals surface area contributed by atoms with Crippen LogP contribution in [0, 0.1) is 5.92 Å². The van der Waals surface area contributed by atoms with E-state index in [9.17, 15) is 0 Å². The first-order valence-electron chi connectivity index (χ1n) is 7.33. The number of nitrogens with zero attached hydrogens (tertiary/aromatic N) is 1. The molecule has 0 radical (unpaired) electrons. The van der Waals surface area contributed by atoms with Crippen molar-refractivity contribution < 1.29 is 9.15 Å². The highest BCUT2D eigenvalue weighted by Gasteiger charge is 2.32. The Bertz CT molecular complexity index is 509. The van der Waals surface area contributed by atoms with Crippen LogP contribution in [-0.4, -0.2) is 24.2 Å². The van der Waals surface area contributed by atoms with Gasteiger partial charge in [-0.15, -0.1) is 0 Å². The molecule has 0 aliphatic carbocycles. The number of para-hydroxylation sites is 1. The SMILES string of the molecule is CCN1CC(Cc2ccco2)CC1Oc1ccccc1. The molecule has 0 amide bonds. The second-order valence-corrected chi connectivity index (χ2v) is 5.36. The van der Waals surface area contributed by atoms with Crippen LogP contribution >= 0.6 is 0 Å². The van der Waals surface area contributed by atoms with Crippen LogP contribution in [0.1, 0.15) is 19.1 Å². The van der Waals surface area contributed by atoms with Crippen LogP contribution in [0.2, 0.25) is 0 Å². The molecule has 3 rings (SSSR count). The van der Waals surface area contributed by atoms with Crippen LogP contribution in [-0.2, 0) is 6.42 Å². The largest absolute Gasteiger partial charge is 0.475 e. The second-order valence-electron chi connectivity index (χ2n) is 5.36. The molecule has 2 unspecified atom stereocenters. The van der Waals surface area contributed by atoms with Crippen molar-refractivity contribution >= 4 is 0 Å². The lowest BCUT2D eigenvalue weighted by atomic mass is 10.0. The molecule has 1 aliphatic heterocycles. The fourth-order valence-corrected chi connectivity index (χ4v) is 2.93. The van der Waals surface area contributed by atoms with Gasteiger partial charge in [0, 0.05) is 19.4 Å². The topological polar surface area (TPSA) is 25.6 Å². The Morgan fingerprint density at radius 2 is 2.05 bits per heavy atom. The molecule has 1 aromatic carbocycles. The van der Waals surface area contributed by atoms with Crippen molar-refractivity contribution in [2.75, 3.05) is 13.1 Å². The van der Waals surface area contributed by atoms with Crippen molar-refractivity contribution in [3.05, 3.63) is 54.5 Å². The fourth-order valence-electron chi connectivity index (χ4n) is 2.93. The highest BCUT2D eigenvalue weighted by Crippen LogP contribution is 2.28. The molecule has 0 saturated carbocycles. The predicted molar refractivity (Wildman–Crippen MR) is 78.6 cm³/mol. The first-order valence-corrected chi connectivity index (χ1v) is 7.33. The van der Waals surface area contributed by atoms with E-state index in [0.717, 1.165) is 37.4 Å². The third kappa shape index (κ3) is 3.05. The zero-order valence-electron chi connectivity index (χ0n) is 11.9. The van der Waals surface area contributed by atoms with Gasteiger partial charge in [-0.05, 0) is 36.7 Å². The van der Waals surface area contributed by atoms with Gasteiger partial charge in [0.25, 0.3) is 0 Å². The van der Waals surface area contributed by atoms with Crippen molar-refractivity contribution in [3.8, 4) is 5.75 Å². The quantitative estimate of drug-likeness (QED) is 0.831. The predicted octanol–water partition coefficient (Wildman–Crippen LogP) is 3.57. The van der Waals surface area contributed by atoms with E-state index in [-0.39, 0.29) is 6.23 Å². The number of benzene rings is 1. The van der Waals surface area contributed by atoms with Crippen LogP contribution in [0.5, 0.6) is 5.75 Å². The molecule has 2 heterocycles. The van der Waals surface area contributed by atoms with Crippen LogP contribution in [0.4, 0.5) is 0 Å². The molecule has 1 aromatic heterocycles. The number of likely N-dealkylation sites (tertiary alicyclic amines) is 1. The van der Waals surface area contributed by atoms with Crippen molar-refractivity contribution in [1.82, 2.24) is 4.90 Å². The van der Waals surface area contributed by atoms with Gasteiger partial charge in [0.1, 0.15) is 11.5 Å². The van der Waals surface area contributed by atoms with Gasteiger partial charge in [0.15, 0.2) is 6.23 Å². The second kappa shape index (κ2) is 6.14. The number of furan rings is 1. The maximum absolute atomic E-state index is 6.12. The zero-order valence-corrected chi connectivity index (χ0v) is 11.9. The van der Waals surface area contributed by atoms with Crippen LogP contribution in [0.25, 0.3) is 0 Å². The lowest BCUT2D eigenvalue weighted by molar-refractivity contribution is 0.0650. The van der Waals surface area contributed by atoms with Crippen molar-refractivity contribution in [2.24, 2.45) is 5.92 Å². The Hall–Kier alpha value is -1.74. The summed E-state index contributed by atoms with van der Waals surface area (Å²) in [6.07, 6.45) is 3.99. The van der Waals surface area contributed by atoms with Crippen molar-refractivity contribution in [1.29, 1.82) is 0 Å². The minimum absolute atomic E-state index is 0.183. The van der Waals surface area contributed by atoms with Crippen molar-refractivity contribution in [3.63, 3.8) is 0 Å². The standard InChI is InChI=1S/C17H21NO2/c1-2-18-13-14(11-16-9-6-10-19-16)12-17(18)20-15-7-4-3-5-8-15/h3-10,14,17H,2,11-13H2,1H3. The first kappa shape index (κ1) is 13.3. The molecule has 0 N–H and O–H groups in total. The molecule has 20 heavy (non-hydrogen) atoms. The Morgan fingerprint density at radius 3 is 2.75 bits per heavy atom. The molecular formula is C17H21NO2. The van der Waals surface area contributed by atoms with Gasteiger partial charge in [0.05, 0.1) is 6.26 Å². The molecule has 2 aromatic rings. The molecule has 1 fully saturated rings. The molecule has 1 aliphatic rings. The van der Waals surface area contributed by atoms with Gasteiger partial charge in [-0.2, -0.15) is 0 Å². The van der Waals surface area contributed by atoms with Gasteiger partial charge >= 0.3 is 0 Å². The summed E-state index contributed by atoms with van der Waals surface area (Å²) in [5, 5.41) is 0. The monoisotopic (exact) mass is 271 g/mol. The molecule has 2 atom stereocenters. The molecule has 0 bridgehead atoms. The number of rotatable bonds is 5. The average molecular weight is 271 g/mol. The van der Waals surface area contributed by atoms with Gasteiger partial charge in [0.2, 0.25) is 0 Å². The van der Waals surface area contributed by atoms with Gasteiger partial charge in [-0.25, -0.2) is 0 Å². The van der Waals surface area contributed by atoms with Crippen LogP contribution in [0.15, 0.2) is 53.1 Å². The molecule has 3 nitrogen and oxygen atoms in total. The van der Waals surface area contributed by atoms with Crippen LogP contribution < -0.4 is 4.74 Å². The van der Waals surface area contributed by atoms with E-state index in [2.05, 4.69) is 17.9 Å². The Morgan fingerprint density at radius 1 is 1.20 bits per heavy atom. The molecular weight excluding hydrogens is 250 g/mol. The third-order valence-corrected chi connectivity index (χ3v) is 3.93. The summed E-state index contributed by atoms with van der Waals surface area (Å²) in [6.45, 7) is 4.29. The Kier molecular flexibility index (Phi) is 4.07. The molecule has 1 saturated heterocycles. The number of ether oxygens (including phenoxy) is 1. The Labute approximate surface area is 120 Å². The fraction of sp³-hybridized carbons (Fsp3) is 0.412. The molecule has 3 heteroatoms. The van der Waals surface area contributed by atoms with Crippen LogP contribution in [0.3, 0.4) is 0 Å². The van der Waals surface area contributed by atoms with Gasteiger partial charge in [-0.3, -0.25) is 4.90 Å². The molecule has 106 valence electrons. The summed E-state index contributed by atoms with van der Waals surface area (Å²) in [5.41, 5.74) is 0. The van der Waals surface area contributed by atoms with Crippen molar-refractivity contribution in [2.45, 2.75) is 26.0 Å². The summed E-state index contributed by atoms with van der Waals surface area (Å²) >= 11 is 0. The number of hydrogen-bond donors (Lipinski definition) is 0. The highest BCUT2D eigenvalue weighted by molar-refractivity contribution is 5.21. The Balaban J connectivity index is 1.62. The minimum Gasteiger partial charge on any atom is -0.475 e. The van der Waals surface area contributed by atoms with E-state index < -0.39 is 0 Å². The molecule has 0 spiro atoms. The smallest absolute Gasteiger partial charge is 0.152 e. The average Bonchev–Trinajstić information content (AvgIpc) is 3.10. The normalized spacial score (nSPS) is 23.1. The minimum atomic E-state index is 0.183. The summed E-state index contributed by atoms with van der Waals surface area (Å²) in [7, 11) is 0. The van der Waals surface area contributed by atoms with E-state index in [1.807, 2.05) is 36.4 Å². The summed E-state index contributed by atoms with van der Waals surface area (Å²) in [4.78, 5) is 2.40. The van der Waals surface area contributed by atoms with E-state index in [0.29, 0.717) is 5.92 Å². The lowest BCUT2D eigenvalue weighted by Crippen LogP contribution is -2.33. The lowest BCUT2D eigenvalue weighted by Gasteiger charge is -2.23. The maximum Gasteiger partial charge on any atom is 0.152 e. The summed E-state index contributed by atoms with van der Waals surface area (Å²) in [5.74, 6) is 2.64. The highest BCUT2D eigenvalue weighted by atomic mass is 16.5. The zero-order chi connectivity index (χ0) is 13.8. The van der Waals surface area contributed by atoms with Gasteiger partial charge < -0.3 is 9.15 Å². The third-order valence-electron chi connectivity index (χ3n) is 3.93. The maximum atomic E-state index is 6.12. The summed E-state index contributed by atoms with van der Waals surface area (Å²) < 4.78 is 11.6. The first-order chi connectivity index (χ1) is 9.85. The van der Waals surface area contributed by atoms with Gasteiger partial charge in [-0.1, -0.05) is 25.1 Å². The van der Waals surface area contributed by atoms with E-state index >= 15 is 0 Å². The van der Waals surface area contributed by atoms with E-state index in [1.165, 1.54) is 0 Å². The van der Waals surface area contributed by atoms with E-state index in [1.54, 1.807) is 6.26 Å².